The second-order valence-electron chi connectivity index (χ2n) is 18.7. The Morgan fingerprint density at radius 3 is 1.52 bits per heavy atom. The van der Waals surface area contributed by atoms with Crippen LogP contribution in [0.5, 0.6) is 0 Å². The summed E-state index contributed by atoms with van der Waals surface area (Å²) in [4.78, 5) is 5.20. The average molecular weight is 794 g/mol. The molecule has 0 unspecified atom stereocenters. The van der Waals surface area contributed by atoms with E-state index in [2.05, 4.69) is 200 Å². The molecule has 1 heterocycles. The van der Waals surface area contributed by atoms with Crippen LogP contribution >= 0.6 is 0 Å². The molecule has 1 nitrogen and oxygen atoms in total. The Bertz CT molecular complexity index is 3070. The molecule has 4 bridgehead atoms. The first-order valence-corrected chi connectivity index (χ1v) is 22.8. The van der Waals surface area contributed by atoms with Crippen LogP contribution in [0, 0.1) is 23.7 Å². The third-order valence-corrected chi connectivity index (χ3v) is 15.5. The maximum atomic E-state index is 5.20. The third kappa shape index (κ3) is 5.64. The van der Waals surface area contributed by atoms with Crippen molar-refractivity contribution in [1.29, 1.82) is 0 Å². The van der Waals surface area contributed by atoms with E-state index in [9.17, 15) is 0 Å². The van der Waals surface area contributed by atoms with Crippen LogP contribution in [0.3, 0.4) is 0 Å². The van der Waals surface area contributed by atoms with Crippen LogP contribution in [0.1, 0.15) is 43.2 Å². The average Bonchev–Trinajstić information content (AvgIpc) is 3.63. The third-order valence-electron chi connectivity index (χ3n) is 15.5. The molecular weight excluding hydrogens is 747 g/mol. The molecule has 14 rings (SSSR count). The highest BCUT2D eigenvalue weighted by Gasteiger charge is 2.61. The summed E-state index contributed by atoms with van der Waals surface area (Å²) in [5.74, 6) is 3.49. The normalized spacial score (nSPS) is 21.6. The van der Waals surface area contributed by atoms with Gasteiger partial charge in [0.2, 0.25) is 0 Å². The highest BCUT2D eigenvalue weighted by Crippen LogP contribution is 2.69. The summed E-state index contributed by atoms with van der Waals surface area (Å²) in [6, 6.07) is 74.3. The van der Waals surface area contributed by atoms with Crippen molar-refractivity contribution < 1.29 is 0 Å². The van der Waals surface area contributed by atoms with E-state index in [1.165, 1.54) is 92.9 Å². The van der Waals surface area contributed by atoms with Gasteiger partial charge in [0, 0.05) is 16.5 Å². The number of hydrogen-bond acceptors (Lipinski definition) is 1. The van der Waals surface area contributed by atoms with Crippen molar-refractivity contribution in [2.45, 2.75) is 37.5 Å². The first-order chi connectivity index (χ1) is 30.7. The maximum absolute atomic E-state index is 5.20. The molecule has 0 N–H and O–H groups in total. The SMILES string of the molecule is c1ccc(-c2cc(-c3ccccc3)nc(-c3ccc(-c4cc(-c5ccc(-c6ccc7c(c6)-c6ccccc6C76C7CC8CC(C7)CC6C8)cc5)cc5ccccc45)cc3)c2)cc1. The van der Waals surface area contributed by atoms with E-state index in [4.69, 9.17) is 4.98 Å². The Kier molecular flexibility index (Phi) is 8.17. The lowest BCUT2D eigenvalue weighted by atomic mass is 9.43. The standard InChI is InChI=1S/C61H47N/c1-3-11-41(12-4-1)50-37-59(45-13-5-2-6-14-45)62-60(38-50)46-25-23-44(24-26-46)55-36-49(34-48-15-7-8-16-53(48)55)43-21-19-42(20-22-43)47-27-28-58-56(35-47)54-17-9-10-18-57(54)61(58)51-30-39-29-40(32-51)33-52(61)31-39/h1-28,34-40,51-52H,29-33H2. The Hall–Kier alpha value is -6.83. The van der Waals surface area contributed by atoms with Crippen molar-refractivity contribution >= 4 is 10.8 Å². The van der Waals surface area contributed by atoms with E-state index >= 15 is 0 Å². The molecule has 0 amide bonds. The monoisotopic (exact) mass is 793 g/mol. The van der Waals surface area contributed by atoms with Crippen LogP contribution in [0.25, 0.3) is 88.9 Å². The van der Waals surface area contributed by atoms with Crippen molar-refractivity contribution in [2.24, 2.45) is 23.7 Å². The molecule has 1 spiro atoms. The molecule has 0 aliphatic heterocycles. The Morgan fingerprint density at radius 2 is 0.806 bits per heavy atom. The van der Waals surface area contributed by atoms with Gasteiger partial charge in [-0.25, -0.2) is 4.98 Å². The second kappa shape index (κ2) is 14.1. The summed E-state index contributed by atoms with van der Waals surface area (Å²) in [6.07, 6.45) is 7.16. The van der Waals surface area contributed by atoms with Crippen LogP contribution in [0.4, 0.5) is 0 Å². The lowest BCUT2D eigenvalue weighted by molar-refractivity contribution is -0.0399. The first-order valence-electron chi connectivity index (χ1n) is 22.8. The van der Waals surface area contributed by atoms with Crippen molar-refractivity contribution in [1.82, 2.24) is 4.98 Å². The molecule has 4 saturated carbocycles. The molecule has 0 radical (unpaired) electrons. The number of benzene rings is 8. The van der Waals surface area contributed by atoms with Gasteiger partial charge in [0.1, 0.15) is 0 Å². The second-order valence-corrected chi connectivity index (χ2v) is 18.7. The minimum absolute atomic E-state index is 0.214. The lowest BCUT2D eigenvalue weighted by Gasteiger charge is -2.61. The zero-order valence-electron chi connectivity index (χ0n) is 34.8. The summed E-state index contributed by atoms with van der Waals surface area (Å²) < 4.78 is 0. The van der Waals surface area contributed by atoms with E-state index in [0.29, 0.717) is 0 Å². The fourth-order valence-electron chi connectivity index (χ4n) is 13.0. The quantitative estimate of drug-likeness (QED) is 0.163. The van der Waals surface area contributed by atoms with Crippen LogP contribution < -0.4 is 0 Å². The van der Waals surface area contributed by atoms with Gasteiger partial charge in [-0.05, 0) is 164 Å². The number of pyridine rings is 1. The van der Waals surface area contributed by atoms with E-state index in [-0.39, 0.29) is 5.41 Å². The predicted molar refractivity (Wildman–Crippen MR) is 258 cm³/mol. The number of fused-ring (bicyclic) bond motifs is 4. The van der Waals surface area contributed by atoms with E-state index in [1.807, 2.05) is 0 Å². The van der Waals surface area contributed by atoms with Gasteiger partial charge in [0.25, 0.3) is 0 Å². The minimum Gasteiger partial charge on any atom is -0.248 e. The topological polar surface area (TPSA) is 12.9 Å². The fraction of sp³-hybridized carbons (Fsp3) is 0.164. The molecule has 5 aliphatic carbocycles. The van der Waals surface area contributed by atoms with Crippen LogP contribution in [0.2, 0.25) is 0 Å². The van der Waals surface area contributed by atoms with Gasteiger partial charge >= 0.3 is 0 Å². The molecule has 1 heteroatoms. The van der Waals surface area contributed by atoms with Crippen LogP contribution in [0.15, 0.2) is 200 Å². The van der Waals surface area contributed by atoms with Gasteiger partial charge in [-0.1, -0.05) is 170 Å². The fourth-order valence-corrected chi connectivity index (χ4v) is 13.0. The molecule has 0 atom stereocenters. The molecule has 62 heavy (non-hydrogen) atoms. The van der Waals surface area contributed by atoms with E-state index < -0.39 is 0 Å². The Balaban J connectivity index is 0.838. The minimum atomic E-state index is 0.214. The highest BCUT2D eigenvalue weighted by atomic mass is 14.7. The Labute approximate surface area is 364 Å². The molecule has 4 fully saturated rings. The van der Waals surface area contributed by atoms with Gasteiger partial charge < -0.3 is 0 Å². The van der Waals surface area contributed by atoms with Gasteiger partial charge in [-0.15, -0.1) is 0 Å². The summed E-state index contributed by atoms with van der Waals surface area (Å²) in [7, 11) is 0. The van der Waals surface area contributed by atoms with Gasteiger partial charge in [-0.3, -0.25) is 0 Å². The zero-order valence-corrected chi connectivity index (χ0v) is 34.8. The van der Waals surface area contributed by atoms with E-state index in [0.717, 1.165) is 51.7 Å². The molecule has 8 aromatic carbocycles. The number of rotatable bonds is 6. The lowest BCUT2D eigenvalue weighted by Crippen LogP contribution is -2.55. The van der Waals surface area contributed by atoms with Crippen LogP contribution in [-0.2, 0) is 5.41 Å². The van der Waals surface area contributed by atoms with Crippen molar-refractivity contribution in [2.75, 3.05) is 0 Å². The highest BCUT2D eigenvalue weighted by molar-refractivity contribution is 6.00. The van der Waals surface area contributed by atoms with Crippen LogP contribution in [-0.4, -0.2) is 4.98 Å². The number of nitrogens with zero attached hydrogens (tertiary/aromatic N) is 1. The molecule has 296 valence electrons. The predicted octanol–water partition coefficient (Wildman–Crippen LogP) is 16.0. The first kappa shape index (κ1) is 35.9. The summed E-state index contributed by atoms with van der Waals surface area (Å²) >= 11 is 0. The van der Waals surface area contributed by atoms with E-state index in [1.54, 1.807) is 11.1 Å². The molecule has 5 aliphatic rings. The Morgan fingerprint density at radius 1 is 0.323 bits per heavy atom. The van der Waals surface area contributed by atoms with Crippen molar-refractivity contribution in [3.63, 3.8) is 0 Å². The number of hydrogen-bond donors (Lipinski definition) is 0. The number of aromatic nitrogens is 1. The van der Waals surface area contributed by atoms with Gasteiger partial charge in [-0.2, -0.15) is 0 Å². The summed E-state index contributed by atoms with van der Waals surface area (Å²) in [5.41, 5.74) is 20.4. The van der Waals surface area contributed by atoms with Crippen molar-refractivity contribution in [3.05, 3.63) is 211 Å². The smallest absolute Gasteiger partial charge is 0.0715 e. The largest absolute Gasteiger partial charge is 0.248 e. The van der Waals surface area contributed by atoms with Crippen molar-refractivity contribution in [3.8, 4) is 78.1 Å². The molecular formula is C61H47N. The molecule has 9 aromatic rings. The molecule has 1 aromatic heterocycles. The zero-order chi connectivity index (χ0) is 40.8. The van der Waals surface area contributed by atoms with Gasteiger partial charge in [0.05, 0.1) is 11.4 Å². The molecule has 0 saturated heterocycles. The summed E-state index contributed by atoms with van der Waals surface area (Å²) in [6.45, 7) is 0. The maximum Gasteiger partial charge on any atom is 0.0715 e. The van der Waals surface area contributed by atoms with Gasteiger partial charge in [0.15, 0.2) is 0 Å². The summed E-state index contributed by atoms with van der Waals surface area (Å²) in [5, 5.41) is 2.50.